The van der Waals surface area contributed by atoms with E-state index in [1.54, 1.807) is 23.5 Å². The van der Waals surface area contributed by atoms with Crippen LogP contribution in [0, 0.1) is 12.7 Å². The van der Waals surface area contributed by atoms with Crippen molar-refractivity contribution in [2.24, 2.45) is 0 Å². The number of hydrogen-bond acceptors (Lipinski definition) is 3. The van der Waals surface area contributed by atoms with Gasteiger partial charge in [0.2, 0.25) is 0 Å². The number of aryl methyl sites for hydroxylation is 1. The number of aromatic nitrogens is 1. The molecule has 33 heavy (non-hydrogen) atoms. The fourth-order valence-electron chi connectivity index (χ4n) is 4.82. The molecule has 1 aromatic heterocycles. The molecule has 0 unspecified atom stereocenters. The second kappa shape index (κ2) is 12.6. The molecule has 0 saturated heterocycles. The van der Waals surface area contributed by atoms with E-state index < -0.39 is 0 Å². The highest BCUT2D eigenvalue weighted by atomic mass is 35.5. The molecule has 1 aliphatic rings. The van der Waals surface area contributed by atoms with Gasteiger partial charge in [0.15, 0.2) is 0 Å². The largest absolute Gasteiger partial charge is 0.299 e. The van der Waals surface area contributed by atoms with Crippen molar-refractivity contribution < 1.29 is 4.39 Å². The molecule has 0 bridgehead atoms. The number of rotatable bonds is 8. The molecule has 0 spiro atoms. The van der Waals surface area contributed by atoms with Gasteiger partial charge in [-0.1, -0.05) is 68.6 Å². The van der Waals surface area contributed by atoms with E-state index in [1.807, 2.05) is 31.2 Å². The lowest BCUT2D eigenvalue weighted by atomic mass is 9.76. The molecular formula is C28H36ClFN2S. The first-order valence-corrected chi connectivity index (χ1v) is 13.4. The molecule has 0 N–H and O–H groups in total. The summed E-state index contributed by atoms with van der Waals surface area (Å²) in [6.45, 7) is 9.86. The summed E-state index contributed by atoms with van der Waals surface area (Å²) in [4.78, 5) is 7.12. The van der Waals surface area contributed by atoms with Gasteiger partial charge in [0, 0.05) is 22.4 Å². The van der Waals surface area contributed by atoms with Crippen molar-refractivity contribution >= 4 is 22.9 Å². The molecule has 0 amide bonds. The van der Waals surface area contributed by atoms with E-state index in [2.05, 4.69) is 41.2 Å². The number of thiazole rings is 1. The molecular weight excluding hydrogens is 451 g/mol. The van der Waals surface area contributed by atoms with Crippen LogP contribution in [-0.4, -0.2) is 23.0 Å². The van der Waals surface area contributed by atoms with Crippen molar-refractivity contribution in [2.45, 2.75) is 71.3 Å². The Morgan fingerprint density at radius 2 is 1.64 bits per heavy atom. The number of benzene rings is 2. The Kier molecular flexibility index (Phi) is 9.91. The second-order valence-electron chi connectivity index (χ2n) is 8.92. The average molecular weight is 487 g/mol. The van der Waals surface area contributed by atoms with Gasteiger partial charge in [-0.3, -0.25) is 4.90 Å². The molecule has 2 aromatic carbocycles. The normalized spacial score (nSPS) is 14.8. The van der Waals surface area contributed by atoms with Crippen LogP contribution >= 0.6 is 22.9 Å². The molecule has 2 nitrogen and oxygen atoms in total. The van der Waals surface area contributed by atoms with Crippen LogP contribution < -0.4 is 0 Å². The molecule has 0 atom stereocenters. The van der Waals surface area contributed by atoms with Crippen LogP contribution in [0.5, 0.6) is 0 Å². The minimum Gasteiger partial charge on any atom is -0.299 e. The second-order valence-corrected chi connectivity index (χ2v) is 10.4. The Morgan fingerprint density at radius 1 is 1.00 bits per heavy atom. The fourth-order valence-corrected chi connectivity index (χ4v) is 5.66. The maximum Gasteiger partial charge on any atom is 0.127 e. The topological polar surface area (TPSA) is 16.1 Å². The Hall–Kier alpha value is -1.75. The zero-order chi connectivity index (χ0) is 23.7. The summed E-state index contributed by atoms with van der Waals surface area (Å²) < 4.78 is 14.2. The summed E-state index contributed by atoms with van der Waals surface area (Å²) in [5, 5.41) is 3.98. The molecule has 1 aliphatic carbocycles. The first-order valence-electron chi connectivity index (χ1n) is 12.1. The minimum absolute atomic E-state index is 0.0925. The van der Waals surface area contributed by atoms with Crippen LogP contribution in [0.1, 0.15) is 74.2 Å². The molecule has 4 rings (SSSR count). The van der Waals surface area contributed by atoms with Gasteiger partial charge < -0.3 is 0 Å². The Bertz CT molecular complexity index is 974. The third kappa shape index (κ3) is 6.88. The zero-order valence-electron chi connectivity index (χ0n) is 20.1. The SMILES string of the molecule is CCCN(CCC)Cc1ccc(Cl)cc1.Cc1nc(C2(c3ccccc3F)CCCC2)cs1. The quantitative estimate of drug-likeness (QED) is 0.317. The number of halogens is 2. The van der Waals surface area contributed by atoms with E-state index in [9.17, 15) is 4.39 Å². The summed E-state index contributed by atoms with van der Waals surface area (Å²) >= 11 is 7.51. The average Bonchev–Trinajstić information content (AvgIpc) is 3.47. The predicted molar refractivity (Wildman–Crippen MR) is 140 cm³/mol. The van der Waals surface area contributed by atoms with Crippen LogP contribution in [0.4, 0.5) is 4.39 Å². The predicted octanol–water partition coefficient (Wildman–Crippen LogP) is 8.41. The van der Waals surface area contributed by atoms with Gasteiger partial charge in [-0.15, -0.1) is 11.3 Å². The molecule has 3 aromatic rings. The maximum atomic E-state index is 14.2. The van der Waals surface area contributed by atoms with Crippen molar-refractivity contribution in [1.29, 1.82) is 0 Å². The third-order valence-electron chi connectivity index (χ3n) is 6.35. The molecule has 1 heterocycles. The first-order chi connectivity index (χ1) is 16.0. The standard InChI is InChI=1S/C15H16FNS.C13H20ClN/c1-11-17-14(10-18-11)15(8-4-5-9-15)12-6-2-3-7-13(12)16;1-3-9-15(10-4-2)11-12-5-7-13(14)8-6-12/h2-3,6-7,10H,4-5,8-9H2,1H3;5-8H,3-4,9-11H2,1-2H3. The number of hydrogen-bond donors (Lipinski definition) is 0. The van der Waals surface area contributed by atoms with Crippen LogP contribution in [0.25, 0.3) is 0 Å². The lowest BCUT2D eigenvalue weighted by Gasteiger charge is -2.28. The Balaban J connectivity index is 0.000000190. The summed E-state index contributed by atoms with van der Waals surface area (Å²) in [7, 11) is 0. The lowest BCUT2D eigenvalue weighted by Crippen LogP contribution is -2.25. The number of nitrogens with zero attached hydrogens (tertiary/aromatic N) is 2. The molecule has 178 valence electrons. The summed E-state index contributed by atoms with van der Waals surface area (Å²) in [5.74, 6) is -0.0925. The summed E-state index contributed by atoms with van der Waals surface area (Å²) in [5.41, 5.74) is 3.05. The highest BCUT2D eigenvalue weighted by Gasteiger charge is 2.40. The van der Waals surface area contributed by atoms with Gasteiger partial charge in [0.05, 0.1) is 10.7 Å². The maximum absolute atomic E-state index is 14.2. The van der Waals surface area contributed by atoms with E-state index in [0.29, 0.717) is 0 Å². The van der Waals surface area contributed by atoms with Crippen molar-refractivity contribution in [1.82, 2.24) is 9.88 Å². The van der Waals surface area contributed by atoms with Gasteiger partial charge in [0.1, 0.15) is 5.82 Å². The highest BCUT2D eigenvalue weighted by molar-refractivity contribution is 7.09. The van der Waals surface area contributed by atoms with Gasteiger partial charge in [-0.05, 0) is 75.0 Å². The molecule has 0 aliphatic heterocycles. The van der Waals surface area contributed by atoms with Crippen LogP contribution in [0.3, 0.4) is 0 Å². The molecule has 1 saturated carbocycles. The van der Waals surface area contributed by atoms with E-state index in [-0.39, 0.29) is 11.2 Å². The van der Waals surface area contributed by atoms with Crippen LogP contribution in [0.2, 0.25) is 5.02 Å². The molecule has 5 heteroatoms. The summed E-state index contributed by atoms with van der Waals surface area (Å²) in [6, 6.07) is 15.3. The van der Waals surface area contributed by atoms with Crippen LogP contribution in [-0.2, 0) is 12.0 Å². The fraction of sp³-hybridized carbons (Fsp3) is 0.464. The summed E-state index contributed by atoms with van der Waals surface area (Å²) in [6.07, 6.45) is 6.77. The smallest absolute Gasteiger partial charge is 0.127 e. The first kappa shape index (κ1) is 25.9. The zero-order valence-corrected chi connectivity index (χ0v) is 21.7. The third-order valence-corrected chi connectivity index (χ3v) is 7.38. The van der Waals surface area contributed by atoms with Crippen LogP contribution in [0.15, 0.2) is 53.9 Å². The van der Waals surface area contributed by atoms with E-state index in [0.717, 1.165) is 53.5 Å². The van der Waals surface area contributed by atoms with Gasteiger partial charge in [-0.2, -0.15) is 0 Å². The Labute approximate surface area is 207 Å². The van der Waals surface area contributed by atoms with Crippen molar-refractivity contribution in [3.05, 3.63) is 86.6 Å². The molecule has 0 radical (unpaired) electrons. The van der Waals surface area contributed by atoms with E-state index >= 15 is 0 Å². The highest BCUT2D eigenvalue weighted by Crippen LogP contribution is 2.47. The van der Waals surface area contributed by atoms with Gasteiger partial charge >= 0.3 is 0 Å². The van der Waals surface area contributed by atoms with Crippen molar-refractivity contribution in [2.75, 3.05) is 13.1 Å². The molecule has 1 fully saturated rings. The van der Waals surface area contributed by atoms with E-state index in [4.69, 9.17) is 11.6 Å². The van der Waals surface area contributed by atoms with Crippen molar-refractivity contribution in [3.63, 3.8) is 0 Å². The van der Waals surface area contributed by atoms with E-state index in [1.165, 1.54) is 31.5 Å². The van der Waals surface area contributed by atoms with Gasteiger partial charge in [0.25, 0.3) is 0 Å². The van der Waals surface area contributed by atoms with Crippen molar-refractivity contribution in [3.8, 4) is 0 Å². The monoisotopic (exact) mass is 486 g/mol. The minimum atomic E-state index is -0.184. The Morgan fingerprint density at radius 3 is 2.18 bits per heavy atom. The van der Waals surface area contributed by atoms with Gasteiger partial charge in [-0.25, -0.2) is 9.37 Å². The lowest BCUT2D eigenvalue weighted by molar-refractivity contribution is 0.266.